The lowest BCUT2D eigenvalue weighted by molar-refractivity contribution is 1.06. The highest BCUT2D eigenvalue weighted by molar-refractivity contribution is 7.16. The smallest absolute Gasteiger partial charge is 0.138 e. The standard InChI is InChI=1S/C31H32N4S/c1-8-21(9-2)17-22(10-3)20(7)16-25-26(11-4)34-35-30(25)27-18-24-23(14-15-32-31(24)33-27)29-13-12-28(36-29)19(5)6/h8,10-18,34H,1,5,7,9H2,2-4,6H3,(H,32,33)/b21-17+,22-10+,25-16+,26-11+. The van der Waals surface area contributed by atoms with Gasteiger partial charge in [0.15, 0.2) is 0 Å². The van der Waals surface area contributed by atoms with Gasteiger partial charge in [0.05, 0.1) is 11.0 Å². The van der Waals surface area contributed by atoms with Crippen LogP contribution in [-0.4, -0.2) is 20.2 Å². The maximum atomic E-state index is 4.67. The largest absolute Gasteiger partial charge is 0.338 e. The Morgan fingerprint density at radius 3 is 2.61 bits per heavy atom. The Balaban J connectivity index is 1.84. The minimum atomic E-state index is 0.832. The third kappa shape index (κ3) is 4.88. The Hall–Kier alpha value is -3.96. The first-order chi connectivity index (χ1) is 17.4. The number of rotatable bonds is 8. The number of aromatic amines is 2. The van der Waals surface area contributed by atoms with Gasteiger partial charge in [-0.1, -0.05) is 51.0 Å². The molecule has 0 saturated carbocycles. The Kier molecular flexibility index (Phi) is 7.51. The van der Waals surface area contributed by atoms with Gasteiger partial charge < -0.3 is 4.98 Å². The summed E-state index contributed by atoms with van der Waals surface area (Å²) in [5.41, 5.74) is 7.93. The van der Waals surface area contributed by atoms with Crippen molar-refractivity contribution in [1.82, 2.24) is 20.2 Å². The van der Waals surface area contributed by atoms with E-state index in [2.05, 4.69) is 89.3 Å². The third-order valence-corrected chi connectivity index (χ3v) is 7.49. The summed E-state index contributed by atoms with van der Waals surface area (Å²) >= 11 is 1.74. The molecule has 0 aliphatic carbocycles. The summed E-state index contributed by atoms with van der Waals surface area (Å²) in [7, 11) is 0. The van der Waals surface area contributed by atoms with Gasteiger partial charge in [-0.25, -0.2) is 4.98 Å². The number of hydrogen-bond acceptors (Lipinski definition) is 3. The molecular formula is C31H32N4S. The van der Waals surface area contributed by atoms with E-state index in [1.165, 1.54) is 15.3 Å². The minimum Gasteiger partial charge on any atom is -0.338 e. The summed E-state index contributed by atoms with van der Waals surface area (Å²) in [5.74, 6) is 0. The van der Waals surface area contributed by atoms with Crippen LogP contribution in [0.15, 0.2) is 85.1 Å². The van der Waals surface area contributed by atoms with Crippen LogP contribution < -0.4 is 10.6 Å². The molecule has 0 aliphatic heterocycles. The molecule has 0 saturated heterocycles. The third-order valence-electron chi connectivity index (χ3n) is 6.21. The summed E-state index contributed by atoms with van der Waals surface area (Å²) in [4.78, 5) is 10.5. The molecule has 2 N–H and O–H groups in total. The molecule has 0 spiro atoms. The SMILES string of the molecule is C=C/C(=C\C(=C/C)C(=C)/C=c1/c(-c2cc3c(-c4ccc(C(=C)C)s4)ccnc3[nH]2)n[nH]/c1=C/C)CC. The molecule has 0 aliphatic rings. The number of thiophene rings is 1. The topological polar surface area (TPSA) is 57.4 Å². The maximum absolute atomic E-state index is 4.67. The number of aromatic nitrogens is 4. The average Bonchev–Trinajstić information content (AvgIpc) is 3.62. The number of pyridine rings is 1. The zero-order valence-corrected chi connectivity index (χ0v) is 22.2. The molecular weight excluding hydrogens is 460 g/mol. The monoisotopic (exact) mass is 492 g/mol. The first-order valence-corrected chi connectivity index (χ1v) is 12.9. The summed E-state index contributed by atoms with van der Waals surface area (Å²) in [6.07, 6.45) is 13.0. The zero-order chi connectivity index (χ0) is 25.8. The van der Waals surface area contributed by atoms with Crippen molar-refractivity contribution < 1.29 is 0 Å². The molecule has 0 aromatic carbocycles. The van der Waals surface area contributed by atoms with Crippen LogP contribution in [0.25, 0.3) is 50.6 Å². The highest BCUT2D eigenvalue weighted by Crippen LogP contribution is 2.36. The minimum absolute atomic E-state index is 0.832. The van der Waals surface area contributed by atoms with Crippen LogP contribution in [0.5, 0.6) is 0 Å². The van der Waals surface area contributed by atoms with Gasteiger partial charge in [-0.05, 0) is 79.8 Å². The molecule has 0 radical (unpaired) electrons. The van der Waals surface area contributed by atoms with Gasteiger partial charge in [-0.2, -0.15) is 5.10 Å². The molecule has 4 heterocycles. The lowest BCUT2D eigenvalue weighted by Gasteiger charge is -2.04. The van der Waals surface area contributed by atoms with Crippen molar-refractivity contribution in [3.05, 3.63) is 101 Å². The number of fused-ring (bicyclic) bond motifs is 1. The van der Waals surface area contributed by atoms with E-state index in [1.807, 2.05) is 39.1 Å². The first-order valence-electron chi connectivity index (χ1n) is 12.0. The van der Waals surface area contributed by atoms with Crippen LogP contribution in [0.2, 0.25) is 0 Å². The zero-order valence-electron chi connectivity index (χ0n) is 21.4. The highest BCUT2D eigenvalue weighted by atomic mass is 32.1. The van der Waals surface area contributed by atoms with E-state index < -0.39 is 0 Å². The molecule has 36 heavy (non-hydrogen) atoms. The van der Waals surface area contributed by atoms with Gasteiger partial charge in [0.25, 0.3) is 0 Å². The summed E-state index contributed by atoms with van der Waals surface area (Å²) < 4.78 is 0. The second-order valence-electron chi connectivity index (χ2n) is 8.63. The van der Waals surface area contributed by atoms with Crippen LogP contribution in [0.1, 0.15) is 39.0 Å². The van der Waals surface area contributed by atoms with Crippen molar-refractivity contribution in [2.45, 2.75) is 34.1 Å². The molecule has 0 bridgehead atoms. The molecule has 182 valence electrons. The molecule has 4 rings (SSSR count). The number of H-pyrrole nitrogens is 2. The number of hydrogen-bond donors (Lipinski definition) is 2. The maximum Gasteiger partial charge on any atom is 0.138 e. The highest BCUT2D eigenvalue weighted by Gasteiger charge is 2.14. The van der Waals surface area contributed by atoms with Gasteiger partial charge in [-0.3, -0.25) is 5.10 Å². The molecule has 5 heteroatoms. The molecule has 4 aromatic rings. The van der Waals surface area contributed by atoms with Crippen LogP contribution in [-0.2, 0) is 0 Å². The van der Waals surface area contributed by atoms with Crippen molar-refractivity contribution in [2.75, 3.05) is 0 Å². The van der Waals surface area contributed by atoms with Crippen molar-refractivity contribution in [1.29, 1.82) is 0 Å². The van der Waals surface area contributed by atoms with Crippen molar-refractivity contribution in [2.24, 2.45) is 0 Å². The van der Waals surface area contributed by atoms with E-state index >= 15 is 0 Å². The fraction of sp³-hybridized carbons (Fsp3) is 0.161. The quantitative estimate of drug-likeness (QED) is 0.253. The van der Waals surface area contributed by atoms with Crippen molar-refractivity contribution in [3.8, 4) is 21.8 Å². The van der Waals surface area contributed by atoms with Crippen LogP contribution in [0.4, 0.5) is 0 Å². The number of nitrogens with zero attached hydrogens (tertiary/aromatic N) is 2. The first kappa shape index (κ1) is 25.1. The molecule has 4 nitrogen and oxygen atoms in total. The lowest BCUT2D eigenvalue weighted by atomic mass is 10.0. The molecule has 0 fully saturated rings. The predicted molar refractivity (Wildman–Crippen MR) is 157 cm³/mol. The van der Waals surface area contributed by atoms with Gasteiger partial charge >= 0.3 is 0 Å². The second kappa shape index (κ2) is 10.8. The Morgan fingerprint density at radius 2 is 1.97 bits per heavy atom. The number of allylic oxidation sites excluding steroid dienone is 7. The van der Waals surface area contributed by atoms with E-state index in [0.29, 0.717) is 0 Å². The van der Waals surface area contributed by atoms with E-state index in [1.54, 1.807) is 11.3 Å². The molecule has 0 amide bonds. The normalized spacial score (nSPS) is 13.6. The lowest BCUT2D eigenvalue weighted by Crippen LogP contribution is -2.23. The van der Waals surface area contributed by atoms with Gasteiger partial charge in [0.2, 0.25) is 0 Å². The van der Waals surface area contributed by atoms with Crippen molar-refractivity contribution >= 4 is 40.1 Å². The second-order valence-corrected chi connectivity index (χ2v) is 9.71. The van der Waals surface area contributed by atoms with Crippen LogP contribution in [0.3, 0.4) is 0 Å². The van der Waals surface area contributed by atoms with Gasteiger partial charge in [-0.15, -0.1) is 11.3 Å². The van der Waals surface area contributed by atoms with E-state index in [4.69, 9.17) is 0 Å². The Morgan fingerprint density at radius 1 is 1.17 bits per heavy atom. The van der Waals surface area contributed by atoms with E-state index in [9.17, 15) is 0 Å². The summed E-state index contributed by atoms with van der Waals surface area (Å²) in [6, 6.07) is 8.48. The van der Waals surface area contributed by atoms with Crippen LogP contribution in [0, 0.1) is 0 Å². The van der Waals surface area contributed by atoms with Gasteiger partial charge in [0.1, 0.15) is 11.3 Å². The summed E-state index contributed by atoms with van der Waals surface area (Å²) in [5, 5.41) is 10.8. The van der Waals surface area contributed by atoms with E-state index in [0.717, 1.165) is 61.7 Å². The number of nitrogens with one attached hydrogen (secondary N) is 2. The molecule has 0 atom stereocenters. The van der Waals surface area contributed by atoms with Crippen LogP contribution >= 0.6 is 11.3 Å². The van der Waals surface area contributed by atoms with Gasteiger partial charge in [0, 0.05) is 32.1 Å². The average molecular weight is 493 g/mol. The van der Waals surface area contributed by atoms with E-state index in [-0.39, 0.29) is 0 Å². The fourth-order valence-electron chi connectivity index (χ4n) is 4.14. The summed E-state index contributed by atoms with van der Waals surface area (Å²) in [6.45, 7) is 20.6. The van der Waals surface area contributed by atoms with Crippen molar-refractivity contribution in [3.63, 3.8) is 0 Å². The Labute approximate surface area is 216 Å². The fourth-order valence-corrected chi connectivity index (χ4v) is 5.11. The molecule has 4 aromatic heterocycles. The Bertz CT molecular complexity index is 1650. The predicted octanol–water partition coefficient (Wildman–Crippen LogP) is 7.32. The molecule has 0 unspecified atom stereocenters.